The fourth-order valence-electron chi connectivity index (χ4n) is 2.52. The molecule has 0 spiro atoms. The highest BCUT2D eigenvalue weighted by Gasteiger charge is 2.20. The van der Waals surface area contributed by atoms with Crippen LogP contribution in [0.15, 0.2) is 73.2 Å². The molecule has 9 heteroatoms. The minimum atomic E-state index is -0.205. The van der Waals surface area contributed by atoms with Gasteiger partial charge in [0.05, 0.1) is 5.69 Å². The Hall–Kier alpha value is -3.36. The second-order valence-corrected chi connectivity index (χ2v) is 6.78. The van der Waals surface area contributed by atoms with E-state index in [0.29, 0.717) is 33.9 Å². The van der Waals surface area contributed by atoms with E-state index >= 15 is 0 Å². The van der Waals surface area contributed by atoms with Crippen LogP contribution >= 0.6 is 23.7 Å². The van der Waals surface area contributed by atoms with Crippen LogP contribution in [0.4, 0.5) is 11.1 Å². The van der Waals surface area contributed by atoms with Crippen LogP contribution in [0.1, 0.15) is 15.2 Å². The molecule has 0 saturated carbocycles. The average Bonchev–Trinajstić information content (AvgIpc) is 3.18. The van der Waals surface area contributed by atoms with Crippen molar-refractivity contribution < 1.29 is 4.79 Å². The molecule has 4 aromatic rings. The van der Waals surface area contributed by atoms with Gasteiger partial charge in [-0.2, -0.15) is 0 Å². The van der Waals surface area contributed by atoms with E-state index in [1.807, 2.05) is 48.5 Å². The van der Waals surface area contributed by atoms with Crippen molar-refractivity contribution >= 4 is 40.7 Å². The SMILES string of the molecule is Cl.O=C(NCc1ccccc1)c1sc(Nc2ncccn2)nc1-c1ccccn1. The molecule has 1 amide bonds. The first-order chi connectivity index (χ1) is 13.8. The second-order valence-electron chi connectivity index (χ2n) is 5.78. The third-order valence-corrected chi connectivity index (χ3v) is 4.79. The van der Waals surface area contributed by atoms with Crippen molar-refractivity contribution in [2.75, 3.05) is 5.32 Å². The van der Waals surface area contributed by atoms with Gasteiger partial charge in [-0.25, -0.2) is 15.0 Å². The van der Waals surface area contributed by atoms with Gasteiger partial charge in [-0.15, -0.1) is 12.4 Å². The highest BCUT2D eigenvalue weighted by molar-refractivity contribution is 7.18. The molecule has 7 nitrogen and oxygen atoms in total. The first-order valence-electron chi connectivity index (χ1n) is 8.58. The molecule has 0 radical (unpaired) electrons. The normalized spacial score (nSPS) is 10.1. The molecule has 146 valence electrons. The zero-order valence-corrected chi connectivity index (χ0v) is 16.8. The van der Waals surface area contributed by atoms with Gasteiger partial charge in [0.2, 0.25) is 5.95 Å². The van der Waals surface area contributed by atoms with Gasteiger partial charge in [0.25, 0.3) is 5.91 Å². The monoisotopic (exact) mass is 424 g/mol. The van der Waals surface area contributed by atoms with Crippen LogP contribution in [-0.2, 0) is 6.54 Å². The number of hydrogen-bond donors (Lipinski definition) is 2. The Morgan fingerprint density at radius 3 is 2.34 bits per heavy atom. The molecule has 3 heterocycles. The van der Waals surface area contributed by atoms with Gasteiger partial charge in [0.15, 0.2) is 5.13 Å². The number of anilines is 2. The van der Waals surface area contributed by atoms with E-state index in [9.17, 15) is 4.79 Å². The predicted molar refractivity (Wildman–Crippen MR) is 116 cm³/mol. The number of thiazole rings is 1. The lowest BCUT2D eigenvalue weighted by Gasteiger charge is -2.05. The summed E-state index contributed by atoms with van der Waals surface area (Å²) >= 11 is 1.24. The summed E-state index contributed by atoms with van der Waals surface area (Å²) in [4.78, 5) is 30.5. The molecule has 0 saturated heterocycles. The van der Waals surface area contributed by atoms with Crippen LogP contribution in [0.3, 0.4) is 0 Å². The number of carbonyl (C=O) groups is 1. The number of nitrogens with one attached hydrogen (secondary N) is 2. The number of rotatable bonds is 6. The van der Waals surface area contributed by atoms with Crippen molar-refractivity contribution in [2.24, 2.45) is 0 Å². The van der Waals surface area contributed by atoms with Crippen molar-refractivity contribution in [3.8, 4) is 11.4 Å². The van der Waals surface area contributed by atoms with Gasteiger partial charge in [-0.3, -0.25) is 9.78 Å². The van der Waals surface area contributed by atoms with Crippen LogP contribution < -0.4 is 10.6 Å². The maximum atomic E-state index is 12.9. The van der Waals surface area contributed by atoms with Crippen molar-refractivity contribution in [1.82, 2.24) is 25.3 Å². The topological polar surface area (TPSA) is 92.7 Å². The fourth-order valence-corrected chi connectivity index (χ4v) is 3.41. The summed E-state index contributed by atoms with van der Waals surface area (Å²) < 4.78 is 0. The molecule has 1 aromatic carbocycles. The van der Waals surface area contributed by atoms with E-state index in [1.165, 1.54) is 11.3 Å². The summed E-state index contributed by atoms with van der Waals surface area (Å²) in [6, 6.07) is 17.0. The van der Waals surface area contributed by atoms with Crippen molar-refractivity contribution in [3.63, 3.8) is 0 Å². The number of aromatic nitrogens is 4. The van der Waals surface area contributed by atoms with E-state index in [-0.39, 0.29) is 18.3 Å². The van der Waals surface area contributed by atoms with Crippen LogP contribution in [0.2, 0.25) is 0 Å². The highest BCUT2D eigenvalue weighted by Crippen LogP contribution is 2.31. The fraction of sp³-hybridized carbons (Fsp3) is 0.0500. The molecular formula is C20H17ClN6OS. The average molecular weight is 425 g/mol. The van der Waals surface area contributed by atoms with E-state index in [4.69, 9.17) is 0 Å². The molecule has 3 aromatic heterocycles. The lowest BCUT2D eigenvalue weighted by atomic mass is 10.2. The Labute approximate surface area is 177 Å². The Balaban J connectivity index is 0.00000240. The zero-order chi connectivity index (χ0) is 19.2. The molecular weight excluding hydrogens is 408 g/mol. The molecule has 4 rings (SSSR count). The van der Waals surface area contributed by atoms with Gasteiger partial charge in [-0.1, -0.05) is 47.7 Å². The number of carbonyl (C=O) groups excluding carboxylic acids is 1. The molecule has 0 aliphatic carbocycles. The van der Waals surface area contributed by atoms with Crippen molar-refractivity contribution in [1.29, 1.82) is 0 Å². The summed E-state index contributed by atoms with van der Waals surface area (Å²) in [5.74, 6) is 0.212. The summed E-state index contributed by atoms with van der Waals surface area (Å²) in [5.41, 5.74) is 2.18. The first kappa shape index (κ1) is 20.4. The smallest absolute Gasteiger partial charge is 0.264 e. The molecule has 0 fully saturated rings. The van der Waals surface area contributed by atoms with E-state index < -0.39 is 0 Å². The Morgan fingerprint density at radius 1 is 0.897 bits per heavy atom. The number of hydrogen-bond acceptors (Lipinski definition) is 7. The minimum absolute atomic E-state index is 0. The van der Waals surface area contributed by atoms with Crippen molar-refractivity contribution in [3.05, 3.63) is 83.6 Å². The Kier molecular flexibility index (Phi) is 6.83. The lowest BCUT2D eigenvalue weighted by molar-refractivity contribution is 0.0955. The van der Waals surface area contributed by atoms with Gasteiger partial charge < -0.3 is 10.6 Å². The minimum Gasteiger partial charge on any atom is -0.347 e. The van der Waals surface area contributed by atoms with E-state index in [0.717, 1.165) is 5.56 Å². The molecule has 0 aliphatic heterocycles. The summed E-state index contributed by atoms with van der Waals surface area (Å²) in [6.07, 6.45) is 4.94. The second kappa shape index (κ2) is 9.72. The third kappa shape index (κ3) is 5.13. The molecule has 0 atom stereocenters. The summed E-state index contributed by atoms with van der Waals surface area (Å²) in [7, 11) is 0. The van der Waals surface area contributed by atoms with Crippen molar-refractivity contribution in [2.45, 2.75) is 6.54 Å². The van der Waals surface area contributed by atoms with Gasteiger partial charge >= 0.3 is 0 Å². The predicted octanol–water partition coefficient (Wildman–Crippen LogP) is 4.09. The molecule has 29 heavy (non-hydrogen) atoms. The summed E-state index contributed by atoms with van der Waals surface area (Å²) in [6.45, 7) is 0.434. The summed E-state index contributed by atoms with van der Waals surface area (Å²) in [5, 5.41) is 6.51. The van der Waals surface area contributed by atoms with E-state index in [1.54, 1.807) is 24.7 Å². The maximum absolute atomic E-state index is 12.9. The number of amides is 1. The third-order valence-electron chi connectivity index (χ3n) is 3.82. The molecule has 0 aliphatic rings. The quantitative estimate of drug-likeness (QED) is 0.484. The number of halogens is 1. The standard InChI is InChI=1S/C20H16N6OS.ClH/c27-18(24-13-14-7-2-1-3-8-14)17-16(15-9-4-5-10-21-15)25-20(28-17)26-19-22-11-6-12-23-19;/h1-12H,13H2,(H,24,27)(H,22,23,25,26);1H. The molecule has 2 N–H and O–H groups in total. The highest BCUT2D eigenvalue weighted by atomic mass is 35.5. The van der Waals surface area contributed by atoms with E-state index in [2.05, 4.69) is 30.6 Å². The molecule has 0 unspecified atom stereocenters. The van der Waals surface area contributed by atoms with Crippen LogP contribution in [0, 0.1) is 0 Å². The number of pyridine rings is 1. The van der Waals surface area contributed by atoms with Gasteiger partial charge in [0.1, 0.15) is 10.6 Å². The van der Waals surface area contributed by atoms with Crippen LogP contribution in [0.25, 0.3) is 11.4 Å². The van der Waals surface area contributed by atoms with Crippen LogP contribution in [-0.4, -0.2) is 25.8 Å². The number of benzene rings is 1. The van der Waals surface area contributed by atoms with Crippen LogP contribution in [0.5, 0.6) is 0 Å². The Morgan fingerprint density at radius 2 is 1.62 bits per heavy atom. The van der Waals surface area contributed by atoms with Gasteiger partial charge in [-0.05, 0) is 23.8 Å². The van der Waals surface area contributed by atoms with Gasteiger partial charge in [0, 0.05) is 25.1 Å². The maximum Gasteiger partial charge on any atom is 0.264 e. The lowest BCUT2D eigenvalue weighted by Crippen LogP contribution is -2.22. The number of nitrogens with zero attached hydrogens (tertiary/aromatic N) is 4. The largest absolute Gasteiger partial charge is 0.347 e. The first-order valence-corrected chi connectivity index (χ1v) is 9.39. The Bertz CT molecular complexity index is 1060. The zero-order valence-electron chi connectivity index (χ0n) is 15.1. The molecule has 0 bridgehead atoms.